The van der Waals surface area contributed by atoms with Crippen molar-refractivity contribution in [1.29, 1.82) is 0 Å². The average Bonchev–Trinajstić information content (AvgIpc) is 2.62. The standard InChI is InChI=1S/C15H22N4O3/c1-21-14-9-13(16-11-17-14)19-4-2-3-12(10-19)15(20)18-5-7-22-8-6-18/h9,11-12H,2-8,10H2,1H3. The van der Waals surface area contributed by atoms with Crippen LogP contribution in [0.15, 0.2) is 12.4 Å². The summed E-state index contributed by atoms with van der Waals surface area (Å²) in [5, 5.41) is 0. The molecule has 7 nitrogen and oxygen atoms in total. The van der Waals surface area contributed by atoms with Crippen LogP contribution in [-0.4, -0.2) is 67.3 Å². The van der Waals surface area contributed by atoms with Crippen molar-refractivity contribution < 1.29 is 14.3 Å². The molecule has 1 aromatic heterocycles. The Morgan fingerprint density at radius 1 is 1.32 bits per heavy atom. The summed E-state index contributed by atoms with van der Waals surface area (Å²) in [6.07, 6.45) is 3.43. The van der Waals surface area contributed by atoms with Crippen molar-refractivity contribution in [2.24, 2.45) is 5.92 Å². The molecule has 120 valence electrons. The lowest BCUT2D eigenvalue weighted by Crippen LogP contribution is -2.48. The summed E-state index contributed by atoms with van der Waals surface area (Å²) in [5.41, 5.74) is 0. The van der Waals surface area contributed by atoms with Crippen LogP contribution in [0.25, 0.3) is 0 Å². The number of carbonyl (C=O) groups excluding carboxylic acids is 1. The highest BCUT2D eigenvalue weighted by Gasteiger charge is 2.30. The molecule has 22 heavy (non-hydrogen) atoms. The van der Waals surface area contributed by atoms with E-state index in [-0.39, 0.29) is 11.8 Å². The van der Waals surface area contributed by atoms with E-state index in [0.717, 1.165) is 25.2 Å². The van der Waals surface area contributed by atoms with E-state index in [1.54, 1.807) is 7.11 Å². The molecule has 0 spiro atoms. The maximum absolute atomic E-state index is 12.6. The Morgan fingerprint density at radius 3 is 2.91 bits per heavy atom. The molecule has 1 unspecified atom stereocenters. The van der Waals surface area contributed by atoms with Crippen LogP contribution in [0, 0.1) is 5.92 Å². The first-order valence-corrected chi connectivity index (χ1v) is 7.75. The third-order valence-corrected chi connectivity index (χ3v) is 4.25. The highest BCUT2D eigenvalue weighted by atomic mass is 16.5. The van der Waals surface area contributed by atoms with Crippen LogP contribution in [0.1, 0.15) is 12.8 Å². The lowest BCUT2D eigenvalue weighted by Gasteiger charge is -2.36. The number of nitrogens with zero attached hydrogens (tertiary/aromatic N) is 4. The molecule has 2 aliphatic heterocycles. The van der Waals surface area contributed by atoms with Crippen molar-refractivity contribution in [3.8, 4) is 5.88 Å². The number of aromatic nitrogens is 2. The average molecular weight is 306 g/mol. The summed E-state index contributed by atoms with van der Waals surface area (Å²) in [6, 6.07) is 1.82. The van der Waals surface area contributed by atoms with E-state index in [0.29, 0.717) is 38.7 Å². The Kier molecular flexibility index (Phi) is 4.72. The number of rotatable bonds is 3. The molecule has 2 aliphatic rings. The first-order valence-electron chi connectivity index (χ1n) is 7.75. The summed E-state index contributed by atoms with van der Waals surface area (Å²) >= 11 is 0. The minimum atomic E-state index is 0.0350. The van der Waals surface area contributed by atoms with Gasteiger partial charge in [-0.05, 0) is 12.8 Å². The number of piperidine rings is 1. The molecule has 0 saturated carbocycles. The summed E-state index contributed by atoms with van der Waals surface area (Å²) in [7, 11) is 1.59. The van der Waals surface area contributed by atoms with Crippen LogP contribution in [0.5, 0.6) is 5.88 Å². The molecule has 0 radical (unpaired) electrons. The number of hydrogen-bond donors (Lipinski definition) is 0. The van der Waals surface area contributed by atoms with Crippen molar-refractivity contribution >= 4 is 11.7 Å². The van der Waals surface area contributed by atoms with E-state index in [1.165, 1.54) is 6.33 Å². The number of amides is 1. The second kappa shape index (κ2) is 6.91. The maximum atomic E-state index is 12.6. The summed E-state index contributed by atoms with van der Waals surface area (Å²) < 4.78 is 10.5. The lowest BCUT2D eigenvalue weighted by molar-refractivity contribution is -0.139. The summed E-state index contributed by atoms with van der Waals surface area (Å²) in [4.78, 5) is 25.1. The van der Waals surface area contributed by atoms with Crippen molar-refractivity contribution in [3.05, 3.63) is 12.4 Å². The van der Waals surface area contributed by atoms with Crippen molar-refractivity contribution in [1.82, 2.24) is 14.9 Å². The summed E-state index contributed by atoms with van der Waals surface area (Å²) in [5.74, 6) is 1.65. The van der Waals surface area contributed by atoms with Gasteiger partial charge in [0.25, 0.3) is 0 Å². The largest absolute Gasteiger partial charge is 0.481 e. The zero-order valence-corrected chi connectivity index (χ0v) is 12.9. The monoisotopic (exact) mass is 306 g/mol. The highest BCUT2D eigenvalue weighted by Crippen LogP contribution is 2.24. The fraction of sp³-hybridized carbons (Fsp3) is 0.667. The number of anilines is 1. The molecule has 2 fully saturated rings. The van der Waals surface area contributed by atoms with Gasteiger partial charge in [0.1, 0.15) is 12.1 Å². The number of hydrogen-bond acceptors (Lipinski definition) is 6. The van der Waals surface area contributed by atoms with Crippen molar-refractivity contribution in [3.63, 3.8) is 0 Å². The third kappa shape index (κ3) is 3.30. The number of methoxy groups -OCH3 is 1. The van der Waals surface area contributed by atoms with E-state index < -0.39 is 0 Å². The number of carbonyl (C=O) groups is 1. The Labute approximate surface area is 130 Å². The molecule has 7 heteroatoms. The molecular formula is C15H22N4O3. The van der Waals surface area contributed by atoms with Gasteiger partial charge in [0.2, 0.25) is 11.8 Å². The Balaban J connectivity index is 1.66. The molecule has 1 aromatic rings. The molecular weight excluding hydrogens is 284 g/mol. The Hall–Kier alpha value is -1.89. The predicted molar refractivity (Wildman–Crippen MR) is 80.9 cm³/mol. The van der Waals surface area contributed by atoms with E-state index in [2.05, 4.69) is 14.9 Å². The molecule has 2 saturated heterocycles. The quantitative estimate of drug-likeness (QED) is 0.813. The van der Waals surface area contributed by atoms with Gasteiger partial charge in [-0.2, -0.15) is 0 Å². The molecule has 1 amide bonds. The minimum absolute atomic E-state index is 0.0350. The van der Waals surface area contributed by atoms with Crippen molar-refractivity contribution in [2.45, 2.75) is 12.8 Å². The van der Waals surface area contributed by atoms with Gasteiger partial charge in [-0.3, -0.25) is 4.79 Å². The van der Waals surface area contributed by atoms with Gasteiger partial charge in [-0.1, -0.05) is 0 Å². The lowest BCUT2D eigenvalue weighted by atomic mass is 9.96. The second-order valence-corrected chi connectivity index (χ2v) is 5.64. The SMILES string of the molecule is COc1cc(N2CCCC(C(=O)N3CCOCC3)C2)ncn1. The second-order valence-electron chi connectivity index (χ2n) is 5.64. The zero-order valence-electron chi connectivity index (χ0n) is 12.9. The van der Waals surface area contributed by atoms with Gasteiger partial charge < -0.3 is 19.3 Å². The fourth-order valence-electron chi connectivity index (χ4n) is 3.04. The summed E-state index contributed by atoms with van der Waals surface area (Å²) in [6.45, 7) is 4.31. The molecule has 0 aliphatic carbocycles. The minimum Gasteiger partial charge on any atom is -0.481 e. The Bertz CT molecular complexity index is 519. The van der Waals surface area contributed by atoms with E-state index in [1.807, 2.05) is 11.0 Å². The fourth-order valence-corrected chi connectivity index (χ4v) is 3.04. The van der Waals surface area contributed by atoms with Gasteiger partial charge in [0.05, 0.1) is 26.2 Å². The van der Waals surface area contributed by atoms with E-state index in [9.17, 15) is 4.79 Å². The van der Waals surface area contributed by atoms with Gasteiger partial charge in [-0.25, -0.2) is 9.97 Å². The molecule has 1 atom stereocenters. The highest BCUT2D eigenvalue weighted by molar-refractivity contribution is 5.79. The van der Waals surface area contributed by atoms with E-state index >= 15 is 0 Å². The maximum Gasteiger partial charge on any atom is 0.227 e. The normalized spacial score (nSPS) is 22.5. The van der Waals surface area contributed by atoms with Crippen LogP contribution in [-0.2, 0) is 9.53 Å². The number of morpholine rings is 1. The first-order chi connectivity index (χ1) is 10.8. The molecule has 0 aromatic carbocycles. The molecule has 0 bridgehead atoms. The first kappa shape index (κ1) is 15.0. The molecule has 0 N–H and O–H groups in total. The molecule has 3 rings (SSSR count). The van der Waals surface area contributed by atoms with Crippen LogP contribution >= 0.6 is 0 Å². The van der Waals surface area contributed by atoms with Crippen LogP contribution in [0.2, 0.25) is 0 Å². The van der Waals surface area contributed by atoms with Crippen LogP contribution in [0.4, 0.5) is 5.82 Å². The number of ether oxygens (including phenoxy) is 2. The van der Waals surface area contributed by atoms with Gasteiger partial charge in [-0.15, -0.1) is 0 Å². The van der Waals surface area contributed by atoms with Crippen LogP contribution in [0.3, 0.4) is 0 Å². The van der Waals surface area contributed by atoms with Gasteiger partial charge in [0.15, 0.2) is 0 Å². The predicted octanol–water partition coefficient (Wildman–Crippen LogP) is 0.560. The van der Waals surface area contributed by atoms with Crippen LogP contribution < -0.4 is 9.64 Å². The van der Waals surface area contributed by atoms with Gasteiger partial charge in [0, 0.05) is 32.2 Å². The van der Waals surface area contributed by atoms with E-state index in [4.69, 9.17) is 9.47 Å². The Morgan fingerprint density at radius 2 is 2.14 bits per heavy atom. The van der Waals surface area contributed by atoms with Crippen molar-refractivity contribution in [2.75, 3.05) is 51.4 Å². The smallest absolute Gasteiger partial charge is 0.227 e. The molecule has 3 heterocycles. The third-order valence-electron chi connectivity index (χ3n) is 4.25. The topological polar surface area (TPSA) is 67.8 Å². The van der Waals surface area contributed by atoms with Gasteiger partial charge >= 0.3 is 0 Å². The zero-order chi connectivity index (χ0) is 15.4.